The van der Waals surface area contributed by atoms with Gasteiger partial charge in [-0.3, -0.25) is 9.69 Å². The lowest BCUT2D eigenvalue weighted by molar-refractivity contribution is -0.123. The van der Waals surface area contributed by atoms with Crippen LogP contribution in [0.15, 0.2) is 30.3 Å². The van der Waals surface area contributed by atoms with Crippen LogP contribution in [0, 0.1) is 5.92 Å². The Morgan fingerprint density at radius 3 is 2.08 bits per heavy atom. The summed E-state index contributed by atoms with van der Waals surface area (Å²) in [5.41, 5.74) is 6.86. The van der Waals surface area contributed by atoms with Gasteiger partial charge in [0.1, 0.15) is 0 Å². The second kappa shape index (κ2) is 13.5. The Hall–Kier alpha value is -0.810. The van der Waals surface area contributed by atoms with E-state index in [1.54, 1.807) is 0 Å². The van der Waals surface area contributed by atoms with Gasteiger partial charge in [-0.15, -0.1) is 24.8 Å². The third-order valence-corrected chi connectivity index (χ3v) is 3.87. The van der Waals surface area contributed by atoms with Gasteiger partial charge in [0.25, 0.3) is 0 Å². The molecule has 140 valence electrons. The van der Waals surface area contributed by atoms with Gasteiger partial charge in [-0.25, -0.2) is 0 Å². The highest BCUT2D eigenvalue weighted by Gasteiger charge is 2.24. The van der Waals surface area contributed by atoms with Crippen LogP contribution in [0.1, 0.15) is 25.8 Å². The van der Waals surface area contributed by atoms with Gasteiger partial charge < -0.3 is 10.6 Å². The largest absolute Gasteiger partial charge is 0.368 e. The van der Waals surface area contributed by atoms with Gasteiger partial charge in [0, 0.05) is 13.1 Å². The zero-order valence-corrected chi connectivity index (χ0v) is 16.9. The van der Waals surface area contributed by atoms with Crippen molar-refractivity contribution >= 4 is 30.7 Å². The quantitative estimate of drug-likeness (QED) is 0.681. The summed E-state index contributed by atoms with van der Waals surface area (Å²) in [7, 11) is 4.11. The Kier molecular flexibility index (Phi) is 14.3. The van der Waals surface area contributed by atoms with Crippen LogP contribution in [0.2, 0.25) is 0 Å². The van der Waals surface area contributed by atoms with E-state index in [0.717, 1.165) is 31.6 Å². The third-order valence-electron chi connectivity index (χ3n) is 3.87. The zero-order valence-electron chi connectivity index (χ0n) is 15.3. The van der Waals surface area contributed by atoms with E-state index in [9.17, 15) is 4.79 Å². The van der Waals surface area contributed by atoms with Gasteiger partial charge in [-0.2, -0.15) is 0 Å². The molecular weight excluding hydrogens is 345 g/mol. The van der Waals surface area contributed by atoms with Crippen LogP contribution in [0.3, 0.4) is 0 Å². The fraction of sp³-hybridized carbons (Fsp3) is 0.611. The molecule has 0 saturated heterocycles. The monoisotopic (exact) mass is 377 g/mol. The number of hydrogen-bond acceptors (Lipinski definition) is 3. The van der Waals surface area contributed by atoms with Crippen molar-refractivity contribution in [2.45, 2.75) is 32.7 Å². The van der Waals surface area contributed by atoms with Crippen LogP contribution < -0.4 is 5.73 Å². The Morgan fingerprint density at radius 2 is 1.62 bits per heavy atom. The van der Waals surface area contributed by atoms with Crippen molar-refractivity contribution in [2.75, 3.05) is 33.7 Å². The van der Waals surface area contributed by atoms with Crippen molar-refractivity contribution in [3.05, 3.63) is 35.9 Å². The number of carbonyl (C=O) groups excluding carboxylic acids is 1. The first-order valence-corrected chi connectivity index (χ1v) is 8.12. The smallest absolute Gasteiger partial charge is 0.235 e. The summed E-state index contributed by atoms with van der Waals surface area (Å²) in [6, 6.07) is 9.88. The number of nitrogens with two attached hydrogens (primary N) is 1. The van der Waals surface area contributed by atoms with Crippen molar-refractivity contribution in [2.24, 2.45) is 11.7 Å². The van der Waals surface area contributed by atoms with E-state index in [0.29, 0.717) is 12.3 Å². The van der Waals surface area contributed by atoms with E-state index in [1.165, 1.54) is 0 Å². The minimum atomic E-state index is -0.235. The maximum absolute atomic E-state index is 12.0. The highest BCUT2D eigenvalue weighted by atomic mass is 35.5. The topological polar surface area (TPSA) is 49.6 Å². The molecular formula is C18H33Cl2N3O. The first kappa shape index (κ1) is 25.4. The molecule has 0 saturated carbocycles. The SMILES string of the molecule is CC(C)CCN(CCN(C)C)[C@@H](Cc1ccccc1)C(N)=O.Cl.Cl. The van der Waals surface area contributed by atoms with Gasteiger partial charge >= 0.3 is 0 Å². The molecule has 4 nitrogen and oxygen atoms in total. The van der Waals surface area contributed by atoms with E-state index < -0.39 is 0 Å². The van der Waals surface area contributed by atoms with Gasteiger partial charge in [-0.05, 0) is 45.0 Å². The van der Waals surface area contributed by atoms with Crippen LogP contribution in [0.25, 0.3) is 0 Å². The number of primary amides is 1. The number of amides is 1. The van der Waals surface area contributed by atoms with E-state index in [1.807, 2.05) is 18.2 Å². The average molecular weight is 378 g/mol. The molecule has 6 heteroatoms. The minimum Gasteiger partial charge on any atom is -0.368 e. The maximum atomic E-state index is 12.0. The molecule has 0 aliphatic heterocycles. The maximum Gasteiger partial charge on any atom is 0.235 e. The summed E-state index contributed by atoms with van der Waals surface area (Å²) in [6.07, 6.45) is 1.76. The van der Waals surface area contributed by atoms with Crippen molar-refractivity contribution in [1.82, 2.24) is 9.80 Å². The summed E-state index contributed by atoms with van der Waals surface area (Å²) < 4.78 is 0. The van der Waals surface area contributed by atoms with E-state index >= 15 is 0 Å². The Morgan fingerprint density at radius 1 is 1.04 bits per heavy atom. The molecule has 1 aromatic carbocycles. The molecule has 0 bridgehead atoms. The molecule has 0 aromatic heterocycles. The Labute approximate surface area is 159 Å². The number of carbonyl (C=O) groups is 1. The van der Waals surface area contributed by atoms with E-state index in [2.05, 4.69) is 49.9 Å². The molecule has 0 aliphatic carbocycles. The molecule has 0 unspecified atom stereocenters. The number of benzene rings is 1. The average Bonchev–Trinajstić information content (AvgIpc) is 2.46. The fourth-order valence-corrected chi connectivity index (χ4v) is 2.42. The lowest BCUT2D eigenvalue weighted by Crippen LogP contribution is -2.49. The zero-order chi connectivity index (χ0) is 16.5. The van der Waals surface area contributed by atoms with Gasteiger partial charge in [0.2, 0.25) is 5.91 Å². The van der Waals surface area contributed by atoms with E-state index in [-0.39, 0.29) is 36.8 Å². The Bertz CT molecular complexity index is 429. The van der Waals surface area contributed by atoms with Crippen molar-refractivity contribution in [1.29, 1.82) is 0 Å². The Balaban J connectivity index is 0. The van der Waals surface area contributed by atoms with Gasteiger partial charge in [0.05, 0.1) is 6.04 Å². The highest BCUT2D eigenvalue weighted by Crippen LogP contribution is 2.12. The molecule has 0 heterocycles. The molecule has 0 fully saturated rings. The molecule has 0 spiro atoms. The summed E-state index contributed by atoms with van der Waals surface area (Å²) in [5, 5.41) is 0. The number of rotatable bonds is 10. The molecule has 0 aliphatic rings. The first-order valence-electron chi connectivity index (χ1n) is 8.12. The predicted octanol–water partition coefficient (Wildman–Crippen LogP) is 2.84. The summed E-state index contributed by atoms with van der Waals surface area (Å²) in [6.45, 7) is 7.12. The lowest BCUT2D eigenvalue weighted by atomic mass is 10.0. The molecule has 2 N–H and O–H groups in total. The summed E-state index contributed by atoms with van der Waals surface area (Å²) in [4.78, 5) is 16.4. The van der Waals surface area contributed by atoms with Crippen LogP contribution in [-0.4, -0.2) is 55.5 Å². The standard InChI is InChI=1S/C18H31N3O.2ClH/c1-15(2)10-11-21(13-12-20(3)4)17(18(19)22)14-16-8-6-5-7-9-16;;/h5-9,15,17H,10-14H2,1-4H3,(H2,19,22);2*1H/t17-;;/m0../s1. The van der Waals surface area contributed by atoms with Crippen LogP contribution in [0.5, 0.6) is 0 Å². The second-order valence-corrected chi connectivity index (χ2v) is 6.63. The number of hydrogen-bond donors (Lipinski definition) is 1. The molecule has 1 atom stereocenters. The molecule has 1 aromatic rings. The van der Waals surface area contributed by atoms with E-state index in [4.69, 9.17) is 5.73 Å². The minimum absolute atomic E-state index is 0. The summed E-state index contributed by atoms with van der Waals surface area (Å²) in [5.74, 6) is 0.387. The van der Waals surface area contributed by atoms with Crippen molar-refractivity contribution in [3.63, 3.8) is 0 Å². The molecule has 1 rings (SSSR count). The molecule has 0 radical (unpaired) electrons. The van der Waals surface area contributed by atoms with Crippen LogP contribution in [0.4, 0.5) is 0 Å². The molecule has 24 heavy (non-hydrogen) atoms. The fourth-order valence-electron chi connectivity index (χ4n) is 2.42. The number of likely N-dealkylation sites (N-methyl/N-ethyl adjacent to an activating group) is 1. The van der Waals surface area contributed by atoms with Crippen LogP contribution in [-0.2, 0) is 11.2 Å². The van der Waals surface area contributed by atoms with Gasteiger partial charge in [-0.1, -0.05) is 44.2 Å². The molecule has 1 amide bonds. The normalized spacial score (nSPS) is 12.0. The first-order chi connectivity index (χ1) is 10.4. The predicted molar refractivity (Wildman–Crippen MR) is 107 cm³/mol. The number of halogens is 2. The number of nitrogens with zero attached hydrogens (tertiary/aromatic N) is 2. The van der Waals surface area contributed by atoms with Crippen molar-refractivity contribution in [3.8, 4) is 0 Å². The third kappa shape index (κ3) is 10.1. The lowest BCUT2D eigenvalue weighted by Gasteiger charge is -2.31. The second-order valence-electron chi connectivity index (χ2n) is 6.63. The van der Waals surface area contributed by atoms with Gasteiger partial charge in [0.15, 0.2) is 0 Å². The highest BCUT2D eigenvalue weighted by molar-refractivity contribution is 5.85. The van der Waals surface area contributed by atoms with Crippen molar-refractivity contribution < 1.29 is 4.79 Å². The van der Waals surface area contributed by atoms with Crippen LogP contribution >= 0.6 is 24.8 Å². The summed E-state index contributed by atoms with van der Waals surface area (Å²) >= 11 is 0.